The molecule has 0 N–H and O–H groups in total. The molecule has 0 aromatic heterocycles. The van der Waals surface area contributed by atoms with E-state index in [1.54, 1.807) is 31.3 Å². The number of hydrogen-bond acceptors (Lipinski definition) is 4. The summed E-state index contributed by atoms with van der Waals surface area (Å²) in [5, 5.41) is 0. The van der Waals surface area contributed by atoms with Gasteiger partial charge in [0.05, 0.1) is 17.1 Å². The second-order valence-corrected chi connectivity index (χ2v) is 9.33. The summed E-state index contributed by atoms with van der Waals surface area (Å²) in [6, 6.07) is 12.0. The monoisotopic (exact) mass is 420 g/mol. The van der Waals surface area contributed by atoms with E-state index in [-0.39, 0.29) is 54.0 Å². The molecule has 1 aliphatic heterocycles. The molecule has 0 radical (unpaired) electrons. The number of halogens is 1. The summed E-state index contributed by atoms with van der Waals surface area (Å²) in [6.45, 7) is 4.50. The number of sulfonamides is 1. The van der Waals surface area contributed by atoms with E-state index in [9.17, 15) is 17.6 Å². The van der Waals surface area contributed by atoms with E-state index >= 15 is 0 Å². The van der Waals surface area contributed by atoms with E-state index in [4.69, 9.17) is 4.74 Å². The fraction of sp³-hybridized carbons (Fsp3) is 0.381. The van der Waals surface area contributed by atoms with Crippen LogP contribution in [0.3, 0.4) is 0 Å². The first-order chi connectivity index (χ1) is 13.7. The first kappa shape index (κ1) is 21.4. The topological polar surface area (TPSA) is 66.9 Å². The Labute approximate surface area is 170 Å². The van der Waals surface area contributed by atoms with Crippen molar-refractivity contribution in [2.24, 2.45) is 0 Å². The van der Waals surface area contributed by atoms with Crippen LogP contribution in [0.15, 0.2) is 53.4 Å². The maximum atomic E-state index is 13.1. The SMILES string of the molecule is CC1CN(S(=O)(=O)c2cccc(C(=O)N(C)Cc3ccc(F)cc3)c2)CC(C)O1. The van der Waals surface area contributed by atoms with E-state index in [0.29, 0.717) is 0 Å². The van der Waals surface area contributed by atoms with Gasteiger partial charge in [-0.3, -0.25) is 4.79 Å². The molecule has 6 nitrogen and oxygen atoms in total. The fourth-order valence-electron chi connectivity index (χ4n) is 3.42. The molecule has 2 aromatic carbocycles. The van der Waals surface area contributed by atoms with Crippen LogP contribution >= 0.6 is 0 Å². The van der Waals surface area contributed by atoms with Crippen LogP contribution in [0.4, 0.5) is 4.39 Å². The average Bonchev–Trinajstić information content (AvgIpc) is 2.68. The minimum absolute atomic E-state index is 0.0832. The van der Waals surface area contributed by atoms with E-state index in [1.165, 1.54) is 33.5 Å². The predicted octanol–water partition coefficient (Wildman–Crippen LogP) is 2.90. The van der Waals surface area contributed by atoms with Crippen LogP contribution in [0.5, 0.6) is 0 Å². The summed E-state index contributed by atoms with van der Waals surface area (Å²) in [4.78, 5) is 14.4. The third kappa shape index (κ3) is 5.01. The molecule has 1 fully saturated rings. The summed E-state index contributed by atoms with van der Waals surface area (Å²) in [7, 11) is -2.11. The highest BCUT2D eigenvalue weighted by Crippen LogP contribution is 2.22. The lowest BCUT2D eigenvalue weighted by Crippen LogP contribution is -2.48. The van der Waals surface area contributed by atoms with Crippen molar-refractivity contribution < 1.29 is 22.3 Å². The Morgan fingerprint density at radius 1 is 1.14 bits per heavy atom. The lowest BCUT2D eigenvalue weighted by molar-refractivity contribution is -0.0440. The molecule has 0 saturated carbocycles. The van der Waals surface area contributed by atoms with Gasteiger partial charge in [0, 0.05) is 32.2 Å². The van der Waals surface area contributed by atoms with E-state index in [0.717, 1.165) is 5.56 Å². The zero-order chi connectivity index (χ0) is 21.2. The Kier molecular flexibility index (Phi) is 6.36. The van der Waals surface area contributed by atoms with E-state index in [2.05, 4.69) is 0 Å². The summed E-state index contributed by atoms with van der Waals surface area (Å²) in [5.74, 6) is -0.650. The Balaban J connectivity index is 1.79. The number of carbonyl (C=O) groups is 1. The quantitative estimate of drug-likeness (QED) is 0.746. The van der Waals surface area contributed by atoms with Crippen LogP contribution in [0.25, 0.3) is 0 Å². The van der Waals surface area contributed by atoms with Gasteiger partial charge in [-0.15, -0.1) is 0 Å². The molecule has 0 bridgehead atoms. The lowest BCUT2D eigenvalue weighted by Gasteiger charge is -2.34. The highest BCUT2D eigenvalue weighted by atomic mass is 32.2. The second kappa shape index (κ2) is 8.61. The fourth-order valence-corrected chi connectivity index (χ4v) is 5.06. The third-order valence-corrected chi connectivity index (χ3v) is 6.61. The zero-order valence-corrected chi connectivity index (χ0v) is 17.5. The van der Waals surface area contributed by atoms with Gasteiger partial charge in [0.2, 0.25) is 10.0 Å². The van der Waals surface area contributed by atoms with Gasteiger partial charge in [-0.25, -0.2) is 12.8 Å². The first-order valence-electron chi connectivity index (χ1n) is 9.42. The van der Waals surface area contributed by atoms with Crippen LogP contribution in [0.2, 0.25) is 0 Å². The van der Waals surface area contributed by atoms with Gasteiger partial charge in [0.25, 0.3) is 5.91 Å². The van der Waals surface area contributed by atoms with Crippen LogP contribution < -0.4 is 0 Å². The Morgan fingerprint density at radius 2 is 1.76 bits per heavy atom. The van der Waals surface area contributed by atoms with Gasteiger partial charge >= 0.3 is 0 Å². The molecule has 1 aliphatic rings. The Hall–Kier alpha value is -2.29. The van der Waals surface area contributed by atoms with E-state index in [1.807, 2.05) is 13.8 Å². The highest BCUT2D eigenvalue weighted by molar-refractivity contribution is 7.89. The second-order valence-electron chi connectivity index (χ2n) is 7.39. The van der Waals surface area contributed by atoms with E-state index < -0.39 is 10.0 Å². The summed E-state index contributed by atoms with van der Waals surface area (Å²) < 4.78 is 46.2. The molecule has 1 heterocycles. The molecule has 29 heavy (non-hydrogen) atoms. The molecule has 2 aromatic rings. The first-order valence-corrected chi connectivity index (χ1v) is 10.9. The van der Waals surface area contributed by atoms with Crippen LogP contribution in [-0.4, -0.2) is 55.9 Å². The molecule has 0 aliphatic carbocycles. The zero-order valence-electron chi connectivity index (χ0n) is 16.7. The van der Waals surface area contributed by atoms with Gasteiger partial charge < -0.3 is 9.64 Å². The number of rotatable bonds is 5. The lowest BCUT2D eigenvalue weighted by atomic mass is 10.1. The van der Waals surface area contributed by atoms with Crippen molar-refractivity contribution in [3.63, 3.8) is 0 Å². The molecule has 1 amide bonds. The smallest absolute Gasteiger partial charge is 0.253 e. The minimum Gasteiger partial charge on any atom is -0.373 e. The highest BCUT2D eigenvalue weighted by Gasteiger charge is 2.32. The predicted molar refractivity (Wildman–Crippen MR) is 107 cm³/mol. The normalized spacial score (nSPS) is 20.4. The Bertz CT molecular complexity index is 968. The van der Waals surface area contributed by atoms with Crippen LogP contribution in [0, 0.1) is 5.82 Å². The van der Waals surface area contributed by atoms with Crippen molar-refractivity contribution in [2.45, 2.75) is 37.5 Å². The van der Waals surface area contributed by atoms with Crippen molar-refractivity contribution >= 4 is 15.9 Å². The Morgan fingerprint density at radius 3 is 2.38 bits per heavy atom. The van der Waals surface area contributed by atoms with Crippen molar-refractivity contribution in [1.82, 2.24) is 9.21 Å². The maximum absolute atomic E-state index is 13.1. The largest absolute Gasteiger partial charge is 0.373 e. The van der Waals surface area contributed by atoms with Gasteiger partial charge in [0.1, 0.15) is 5.82 Å². The van der Waals surface area contributed by atoms with Gasteiger partial charge in [0.15, 0.2) is 0 Å². The molecular formula is C21H25FN2O4S. The van der Waals surface area contributed by atoms with Gasteiger partial charge in [-0.1, -0.05) is 18.2 Å². The third-order valence-electron chi connectivity index (χ3n) is 4.78. The van der Waals surface area contributed by atoms with Crippen molar-refractivity contribution in [1.29, 1.82) is 0 Å². The summed E-state index contributed by atoms with van der Waals surface area (Å²) >= 11 is 0. The molecule has 156 valence electrons. The molecule has 1 saturated heterocycles. The number of carbonyl (C=O) groups excluding carboxylic acids is 1. The molecule has 2 atom stereocenters. The number of benzene rings is 2. The average molecular weight is 421 g/mol. The van der Waals surface area contributed by atoms with Gasteiger partial charge in [-0.2, -0.15) is 4.31 Å². The summed E-state index contributed by atoms with van der Waals surface area (Å²) in [6.07, 6.45) is -0.389. The molecular weight excluding hydrogens is 395 g/mol. The van der Waals surface area contributed by atoms with Crippen LogP contribution in [0.1, 0.15) is 29.8 Å². The summed E-state index contributed by atoms with van der Waals surface area (Å²) in [5.41, 5.74) is 1.06. The van der Waals surface area contributed by atoms with Crippen molar-refractivity contribution in [3.8, 4) is 0 Å². The number of morpholine rings is 1. The van der Waals surface area contributed by atoms with Crippen molar-refractivity contribution in [2.75, 3.05) is 20.1 Å². The number of hydrogen-bond donors (Lipinski definition) is 0. The molecule has 8 heteroatoms. The standard InChI is InChI=1S/C21H25FN2O4S/c1-15-12-24(13-16(2)28-15)29(26,27)20-6-4-5-18(11-20)21(25)23(3)14-17-7-9-19(22)10-8-17/h4-11,15-16H,12-14H2,1-3H3. The molecule has 2 unspecified atom stereocenters. The number of ether oxygens (including phenoxy) is 1. The molecule has 3 rings (SSSR count). The molecule has 0 spiro atoms. The van der Waals surface area contributed by atoms with Crippen molar-refractivity contribution in [3.05, 3.63) is 65.5 Å². The number of amides is 1. The minimum atomic E-state index is -3.73. The van der Waals surface area contributed by atoms with Gasteiger partial charge in [-0.05, 0) is 49.7 Å². The maximum Gasteiger partial charge on any atom is 0.253 e. The van der Waals surface area contributed by atoms with Crippen LogP contribution in [-0.2, 0) is 21.3 Å². The number of nitrogens with zero attached hydrogens (tertiary/aromatic N) is 2.